The van der Waals surface area contributed by atoms with Crippen molar-refractivity contribution in [2.24, 2.45) is 0 Å². The fourth-order valence-corrected chi connectivity index (χ4v) is 4.80. The highest BCUT2D eigenvalue weighted by Gasteiger charge is 2.36. The largest absolute Gasteiger partial charge is 0.334 e. The van der Waals surface area contributed by atoms with Gasteiger partial charge in [0.05, 0.1) is 17.3 Å². The fourth-order valence-electron chi connectivity index (χ4n) is 4.39. The van der Waals surface area contributed by atoms with Gasteiger partial charge in [0, 0.05) is 16.2 Å². The van der Waals surface area contributed by atoms with E-state index in [0.29, 0.717) is 11.7 Å². The summed E-state index contributed by atoms with van der Waals surface area (Å²) in [5.74, 6) is 0.895. The van der Waals surface area contributed by atoms with Crippen molar-refractivity contribution in [1.82, 2.24) is 15.5 Å². The molecule has 2 heterocycles. The Morgan fingerprint density at radius 2 is 1.64 bits per heavy atom. The molecule has 2 amide bonds. The summed E-state index contributed by atoms with van der Waals surface area (Å²) in [4.78, 5) is 21.0. The van der Waals surface area contributed by atoms with Crippen LogP contribution in [-0.4, -0.2) is 22.4 Å². The van der Waals surface area contributed by atoms with Gasteiger partial charge in [0.2, 0.25) is 5.82 Å². The molecule has 182 valence electrons. The molecule has 1 N–H and O–H groups in total. The number of allylic oxidation sites excluding steroid dienone is 1. The van der Waals surface area contributed by atoms with Gasteiger partial charge in [0.15, 0.2) is 0 Å². The Kier molecular flexibility index (Phi) is 6.41. The molecule has 0 aliphatic carbocycles. The third kappa shape index (κ3) is 4.42. The second-order valence-corrected chi connectivity index (χ2v) is 9.93. The summed E-state index contributed by atoms with van der Waals surface area (Å²) < 4.78 is 5.82. The molecule has 3 aromatic carbocycles. The lowest BCUT2D eigenvalue weighted by molar-refractivity contribution is 0.244. The number of carbonyl (C=O) groups is 1. The first kappa shape index (κ1) is 23.9. The van der Waals surface area contributed by atoms with Gasteiger partial charge >= 0.3 is 6.03 Å². The van der Waals surface area contributed by atoms with E-state index in [2.05, 4.69) is 17.4 Å². The van der Waals surface area contributed by atoms with Gasteiger partial charge in [-0.15, -0.1) is 11.8 Å². The maximum absolute atomic E-state index is 13.4. The van der Waals surface area contributed by atoms with Crippen molar-refractivity contribution in [3.8, 4) is 11.4 Å². The molecule has 0 saturated heterocycles. The van der Waals surface area contributed by atoms with E-state index in [1.807, 2.05) is 93.8 Å². The van der Waals surface area contributed by atoms with Crippen LogP contribution in [0.1, 0.15) is 41.1 Å². The number of aromatic nitrogens is 2. The SMILES string of the molecule is CSc1ccc(-c2noc(C3=C(C)N(c4ccc(C)c(C)c4)C(=O)NC3c3ccc(C)cc3)n2)cc1. The Labute approximate surface area is 215 Å². The average molecular weight is 497 g/mol. The molecular formula is C29H28N4O2S. The predicted octanol–water partition coefficient (Wildman–Crippen LogP) is 7.09. The van der Waals surface area contributed by atoms with E-state index in [-0.39, 0.29) is 6.03 Å². The standard InChI is InChI=1S/C29H28N4O2S/c1-17-6-9-21(10-7-17)26-25(28-31-27(32-35-28)22-11-14-24(36-5)15-12-22)20(4)33(29(34)30-26)23-13-8-18(2)19(3)16-23/h6-16,26H,1-5H3,(H,30,34). The lowest BCUT2D eigenvalue weighted by Crippen LogP contribution is -2.46. The third-order valence-corrected chi connectivity index (χ3v) is 7.39. The molecule has 0 fully saturated rings. The van der Waals surface area contributed by atoms with Gasteiger partial charge in [-0.25, -0.2) is 4.79 Å². The van der Waals surface area contributed by atoms with Gasteiger partial charge in [-0.1, -0.05) is 41.1 Å². The van der Waals surface area contributed by atoms with Crippen LogP contribution in [0.15, 0.2) is 81.8 Å². The number of amides is 2. The summed E-state index contributed by atoms with van der Waals surface area (Å²) in [5, 5.41) is 7.45. The molecule has 1 aromatic heterocycles. The van der Waals surface area contributed by atoms with Crippen molar-refractivity contribution in [3.05, 3.63) is 101 Å². The van der Waals surface area contributed by atoms with Crippen LogP contribution < -0.4 is 10.2 Å². The second-order valence-electron chi connectivity index (χ2n) is 9.05. The molecule has 1 aliphatic heterocycles. The van der Waals surface area contributed by atoms with Crippen LogP contribution in [0.5, 0.6) is 0 Å². The molecule has 0 bridgehead atoms. The number of nitrogens with one attached hydrogen (secondary N) is 1. The summed E-state index contributed by atoms with van der Waals surface area (Å²) in [6.07, 6.45) is 2.04. The van der Waals surface area contributed by atoms with E-state index in [1.165, 1.54) is 10.5 Å². The van der Waals surface area contributed by atoms with E-state index < -0.39 is 6.04 Å². The first-order chi connectivity index (χ1) is 17.4. The van der Waals surface area contributed by atoms with Crippen molar-refractivity contribution in [2.75, 3.05) is 11.2 Å². The summed E-state index contributed by atoms with van der Waals surface area (Å²) in [5.41, 5.74) is 7.57. The number of hydrogen-bond acceptors (Lipinski definition) is 5. The molecule has 6 nitrogen and oxygen atoms in total. The van der Waals surface area contributed by atoms with Gasteiger partial charge in [-0.05, 0) is 87.0 Å². The first-order valence-electron chi connectivity index (χ1n) is 11.8. The number of nitrogens with zero attached hydrogens (tertiary/aromatic N) is 3. The lowest BCUT2D eigenvalue weighted by atomic mass is 9.93. The number of benzene rings is 3. The van der Waals surface area contributed by atoms with Crippen molar-refractivity contribution in [3.63, 3.8) is 0 Å². The summed E-state index contributed by atoms with van der Waals surface area (Å²) in [6.45, 7) is 8.08. The zero-order chi connectivity index (χ0) is 25.4. The van der Waals surface area contributed by atoms with Crippen LogP contribution in [0.3, 0.4) is 0 Å². The molecule has 7 heteroatoms. The smallest absolute Gasteiger partial charge is 0.326 e. The number of anilines is 1. The Balaban J connectivity index is 1.64. The van der Waals surface area contributed by atoms with Gasteiger partial charge in [-0.3, -0.25) is 4.90 Å². The van der Waals surface area contributed by atoms with Crippen LogP contribution in [0.4, 0.5) is 10.5 Å². The van der Waals surface area contributed by atoms with Crippen LogP contribution in [0, 0.1) is 20.8 Å². The van der Waals surface area contributed by atoms with E-state index in [1.54, 1.807) is 16.7 Å². The van der Waals surface area contributed by atoms with Crippen LogP contribution in [0.25, 0.3) is 17.0 Å². The summed E-state index contributed by atoms with van der Waals surface area (Å²) >= 11 is 1.68. The molecule has 0 radical (unpaired) electrons. The summed E-state index contributed by atoms with van der Waals surface area (Å²) in [6, 6.07) is 21.6. The zero-order valence-corrected chi connectivity index (χ0v) is 21.8. The Hall–Kier alpha value is -3.84. The molecule has 1 aliphatic rings. The minimum atomic E-state index is -0.423. The number of rotatable bonds is 5. The maximum Gasteiger partial charge on any atom is 0.326 e. The highest BCUT2D eigenvalue weighted by molar-refractivity contribution is 7.98. The van der Waals surface area contributed by atoms with Crippen molar-refractivity contribution in [1.29, 1.82) is 0 Å². The van der Waals surface area contributed by atoms with Gasteiger partial charge in [-0.2, -0.15) is 4.98 Å². The minimum Gasteiger partial charge on any atom is -0.334 e. The third-order valence-electron chi connectivity index (χ3n) is 6.65. The molecule has 1 atom stereocenters. The van der Waals surface area contributed by atoms with Crippen molar-refractivity contribution in [2.45, 2.75) is 38.6 Å². The average Bonchev–Trinajstić information content (AvgIpc) is 3.36. The molecule has 1 unspecified atom stereocenters. The maximum atomic E-state index is 13.4. The highest BCUT2D eigenvalue weighted by Crippen LogP contribution is 2.39. The fraction of sp³-hybridized carbons (Fsp3) is 0.207. The second kappa shape index (κ2) is 9.66. The normalized spacial score (nSPS) is 15.9. The van der Waals surface area contributed by atoms with Crippen LogP contribution in [0.2, 0.25) is 0 Å². The molecule has 4 aromatic rings. The Morgan fingerprint density at radius 3 is 2.31 bits per heavy atom. The number of urea groups is 1. The van der Waals surface area contributed by atoms with E-state index in [9.17, 15) is 4.79 Å². The highest BCUT2D eigenvalue weighted by atomic mass is 32.2. The molecule has 5 rings (SSSR count). The minimum absolute atomic E-state index is 0.197. The molecular weight excluding hydrogens is 468 g/mol. The number of thioether (sulfide) groups is 1. The lowest BCUT2D eigenvalue weighted by Gasteiger charge is -2.35. The number of aryl methyl sites for hydroxylation is 3. The van der Waals surface area contributed by atoms with Gasteiger partial charge in [0.25, 0.3) is 5.89 Å². The first-order valence-corrected chi connectivity index (χ1v) is 13.0. The predicted molar refractivity (Wildman–Crippen MR) is 145 cm³/mol. The van der Waals surface area contributed by atoms with Gasteiger partial charge < -0.3 is 9.84 Å². The zero-order valence-electron chi connectivity index (χ0n) is 21.0. The van der Waals surface area contributed by atoms with E-state index in [0.717, 1.165) is 39.2 Å². The Morgan fingerprint density at radius 1 is 0.917 bits per heavy atom. The van der Waals surface area contributed by atoms with E-state index in [4.69, 9.17) is 9.51 Å². The van der Waals surface area contributed by atoms with Crippen molar-refractivity contribution < 1.29 is 9.32 Å². The van der Waals surface area contributed by atoms with Crippen LogP contribution in [-0.2, 0) is 0 Å². The number of carbonyl (C=O) groups excluding carboxylic acids is 1. The van der Waals surface area contributed by atoms with E-state index >= 15 is 0 Å². The molecule has 0 saturated carbocycles. The number of hydrogen-bond donors (Lipinski definition) is 1. The molecule has 36 heavy (non-hydrogen) atoms. The topological polar surface area (TPSA) is 71.3 Å². The quantitative estimate of drug-likeness (QED) is 0.299. The van der Waals surface area contributed by atoms with Gasteiger partial charge in [0.1, 0.15) is 0 Å². The Bertz CT molecular complexity index is 1460. The monoisotopic (exact) mass is 496 g/mol. The van der Waals surface area contributed by atoms with Crippen LogP contribution >= 0.6 is 11.8 Å². The summed E-state index contributed by atoms with van der Waals surface area (Å²) in [7, 11) is 0. The molecule has 0 spiro atoms. The van der Waals surface area contributed by atoms with Crippen molar-refractivity contribution >= 4 is 29.1 Å².